The number of hydrogen-bond acceptors (Lipinski definition) is 2. The minimum atomic E-state index is 0.0334. The third kappa shape index (κ3) is 2.93. The molecule has 0 saturated carbocycles. The summed E-state index contributed by atoms with van der Waals surface area (Å²) in [6, 6.07) is 10.6. The van der Waals surface area contributed by atoms with Gasteiger partial charge in [0.1, 0.15) is 0 Å². The van der Waals surface area contributed by atoms with Gasteiger partial charge >= 0.3 is 0 Å². The molecule has 2 heteroatoms. The normalized spacial score (nSPS) is 20.4. The van der Waals surface area contributed by atoms with Crippen LogP contribution in [0.25, 0.3) is 0 Å². The molecule has 0 aliphatic carbocycles. The Balaban J connectivity index is 2.13. The molecule has 1 heterocycles. The Morgan fingerprint density at radius 2 is 1.56 bits per heavy atom. The molecule has 0 radical (unpaired) electrons. The van der Waals surface area contributed by atoms with Crippen molar-refractivity contribution in [3.05, 3.63) is 35.9 Å². The third-order valence-electron chi connectivity index (χ3n) is 4.34. The van der Waals surface area contributed by atoms with Gasteiger partial charge in [0, 0.05) is 11.6 Å². The van der Waals surface area contributed by atoms with Crippen LogP contribution in [-0.4, -0.2) is 23.5 Å². The summed E-state index contributed by atoms with van der Waals surface area (Å²) in [5, 5.41) is 0. The second kappa shape index (κ2) is 5.85. The van der Waals surface area contributed by atoms with Crippen LogP contribution in [-0.2, 0) is 0 Å². The van der Waals surface area contributed by atoms with E-state index < -0.39 is 0 Å². The molecule has 1 fully saturated rings. The Bertz CT molecular complexity index is 351. The topological polar surface area (TPSA) is 29.3 Å². The molecule has 1 saturated heterocycles. The van der Waals surface area contributed by atoms with Crippen molar-refractivity contribution < 1.29 is 0 Å². The monoisotopic (exact) mass is 246 g/mol. The smallest absolute Gasteiger partial charge is 0.0476 e. The van der Waals surface area contributed by atoms with E-state index in [4.69, 9.17) is 5.73 Å². The number of hydrogen-bond donors (Lipinski definition) is 1. The second-order valence-electron chi connectivity index (χ2n) is 5.94. The first-order valence-corrected chi connectivity index (χ1v) is 7.18. The van der Waals surface area contributed by atoms with Crippen LogP contribution in [0.4, 0.5) is 0 Å². The first-order chi connectivity index (χ1) is 8.62. The van der Waals surface area contributed by atoms with Crippen molar-refractivity contribution in [2.24, 2.45) is 5.73 Å². The summed E-state index contributed by atoms with van der Waals surface area (Å²) in [7, 11) is 0. The fraction of sp³-hybridized carbons (Fsp3) is 0.625. The van der Waals surface area contributed by atoms with E-state index in [1.54, 1.807) is 0 Å². The van der Waals surface area contributed by atoms with Crippen molar-refractivity contribution in [2.75, 3.05) is 13.1 Å². The first kappa shape index (κ1) is 13.6. The number of nitrogens with zero attached hydrogens (tertiary/aromatic N) is 1. The lowest BCUT2D eigenvalue weighted by Crippen LogP contribution is -2.51. The van der Waals surface area contributed by atoms with Crippen LogP contribution in [0.2, 0.25) is 0 Å². The SMILES string of the molecule is CC(C)([C@@H](N)c1ccccc1)N1CCCCCC1. The maximum Gasteiger partial charge on any atom is 0.0476 e. The van der Waals surface area contributed by atoms with Gasteiger partial charge in [-0.15, -0.1) is 0 Å². The van der Waals surface area contributed by atoms with Gasteiger partial charge in [0.2, 0.25) is 0 Å². The summed E-state index contributed by atoms with van der Waals surface area (Å²) >= 11 is 0. The van der Waals surface area contributed by atoms with Crippen molar-refractivity contribution in [1.29, 1.82) is 0 Å². The highest BCUT2D eigenvalue weighted by Gasteiger charge is 2.33. The molecule has 100 valence electrons. The number of rotatable bonds is 3. The van der Waals surface area contributed by atoms with E-state index in [1.807, 2.05) is 0 Å². The van der Waals surface area contributed by atoms with Gasteiger partial charge < -0.3 is 5.73 Å². The largest absolute Gasteiger partial charge is 0.322 e. The number of likely N-dealkylation sites (tertiary alicyclic amines) is 1. The molecule has 18 heavy (non-hydrogen) atoms. The lowest BCUT2D eigenvalue weighted by atomic mass is 9.87. The predicted molar refractivity (Wildman–Crippen MR) is 77.5 cm³/mol. The van der Waals surface area contributed by atoms with Crippen LogP contribution in [0.3, 0.4) is 0 Å². The Morgan fingerprint density at radius 3 is 2.11 bits per heavy atom. The lowest BCUT2D eigenvalue weighted by molar-refractivity contribution is 0.0980. The molecule has 1 atom stereocenters. The minimum absolute atomic E-state index is 0.0334. The van der Waals surface area contributed by atoms with Crippen molar-refractivity contribution in [1.82, 2.24) is 4.90 Å². The Hall–Kier alpha value is -0.860. The molecule has 1 aliphatic rings. The van der Waals surface area contributed by atoms with E-state index in [-0.39, 0.29) is 11.6 Å². The molecule has 0 aromatic heterocycles. The number of nitrogens with two attached hydrogens (primary N) is 1. The zero-order valence-corrected chi connectivity index (χ0v) is 11.7. The Kier molecular flexibility index (Phi) is 4.41. The van der Waals surface area contributed by atoms with Gasteiger partial charge in [0.25, 0.3) is 0 Å². The molecular weight excluding hydrogens is 220 g/mol. The van der Waals surface area contributed by atoms with Crippen LogP contribution in [0.5, 0.6) is 0 Å². The molecule has 0 amide bonds. The maximum atomic E-state index is 6.51. The van der Waals surface area contributed by atoms with E-state index in [0.717, 1.165) is 0 Å². The molecule has 0 bridgehead atoms. The van der Waals surface area contributed by atoms with Gasteiger partial charge in [-0.05, 0) is 45.3 Å². The van der Waals surface area contributed by atoms with Crippen molar-refractivity contribution in [3.63, 3.8) is 0 Å². The highest BCUT2D eigenvalue weighted by molar-refractivity contribution is 5.22. The van der Waals surface area contributed by atoms with Gasteiger partial charge in [-0.2, -0.15) is 0 Å². The summed E-state index contributed by atoms with van der Waals surface area (Å²) < 4.78 is 0. The third-order valence-corrected chi connectivity index (χ3v) is 4.34. The van der Waals surface area contributed by atoms with Gasteiger partial charge in [-0.3, -0.25) is 4.90 Å². The molecule has 0 spiro atoms. The van der Waals surface area contributed by atoms with E-state index >= 15 is 0 Å². The molecule has 0 unspecified atom stereocenters. The van der Waals surface area contributed by atoms with Gasteiger partial charge in [-0.1, -0.05) is 43.2 Å². The molecule has 2 nitrogen and oxygen atoms in total. The zero-order chi connectivity index (χ0) is 13.0. The fourth-order valence-corrected chi connectivity index (χ4v) is 2.91. The van der Waals surface area contributed by atoms with Crippen molar-refractivity contribution >= 4 is 0 Å². The van der Waals surface area contributed by atoms with Gasteiger partial charge in [-0.25, -0.2) is 0 Å². The summed E-state index contributed by atoms with van der Waals surface area (Å²) in [5.74, 6) is 0. The predicted octanol–water partition coefficient (Wildman–Crippen LogP) is 3.34. The molecule has 1 aromatic carbocycles. The maximum absolute atomic E-state index is 6.51. The summed E-state index contributed by atoms with van der Waals surface area (Å²) in [6.07, 6.45) is 5.36. The average molecular weight is 246 g/mol. The van der Waals surface area contributed by atoms with Gasteiger partial charge in [0.05, 0.1) is 0 Å². The van der Waals surface area contributed by atoms with Crippen molar-refractivity contribution in [3.8, 4) is 0 Å². The summed E-state index contributed by atoms with van der Waals surface area (Å²) in [4.78, 5) is 2.58. The Morgan fingerprint density at radius 1 is 1.00 bits per heavy atom. The number of benzene rings is 1. The van der Waals surface area contributed by atoms with Crippen LogP contribution in [0.15, 0.2) is 30.3 Å². The van der Waals surface area contributed by atoms with Crippen LogP contribution in [0.1, 0.15) is 51.1 Å². The molecule has 1 aliphatic heterocycles. The first-order valence-electron chi connectivity index (χ1n) is 7.18. The van der Waals surface area contributed by atoms with E-state index in [2.05, 4.69) is 49.1 Å². The summed E-state index contributed by atoms with van der Waals surface area (Å²) in [5.41, 5.74) is 7.79. The highest BCUT2D eigenvalue weighted by Crippen LogP contribution is 2.30. The van der Waals surface area contributed by atoms with E-state index in [0.29, 0.717) is 0 Å². The summed E-state index contributed by atoms with van der Waals surface area (Å²) in [6.45, 7) is 6.95. The lowest BCUT2D eigenvalue weighted by Gasteiger charge is -2.42. The van der Waals surface area contributed by atoms with Crippen LogP contribution < -0.4 is 5.73 Å². The molecule has 2 rings (SSSR count). The Labute approximate surface area is 111 Å². The van der Waals surface area contributed by atoms with Crippen LogP contribution in [0, 0.1) is 0 Å². The van der Waals surface area contributed by atoms with Gasteiger partial charge in [0.15, 0.2) is 0 Å². The highest BCUT2D eigenvalue weighted by atomic mass is 15.2. The van der Waals surface area contributed by atoms with Crippen LogP contribution >= 0.6 is 0 Å². The molecule has 1 aromatic rings. The zero-order valence-electron chi connectivity index (χ0n) is 11.7. The molecular formula is C16H26N2. The van der Waals surface area contributed by atoms with Crippen molar-refractivity contribution in [2.45, 2.75) is 51.1 Å². The fourth-order valence-electron chi connectivity index (χ4n) is 2.91. The van der Waals surface area contributed by atoms with E-state index in [1.165, 1.54) is 44.3 Å². The average Bonchev–Trinajstić information content (AvgIpc) is 2.68. The minimum Gasteiger partial charge on any atom is -0.322 e. The quantitative estimate of drug-likeness (QED) is 0.886. The van der Waals surface area contributed by atoms with E-state index in [9.17, 15) is 0 Å². The molecule has 2 N–H and O–H groups in total. The standard InChI is InChI=1S/C16H26N2/c1-16(2,18-12-8-3-4-9-13-18)15(17)14-10-6-5-7-11-14/h5-7,10-11,15H,3-4,8-9,12-13,17H2,1-2H3/t15-/m0/s1. The second-order valence-corrected chi connectivity index (χ2v) is 5.94.